The normalized spacial score (nSPS) is 13.4. The fraction of sp³-hybridized carbons (Fsp3) is 0.800. The van der Waals surface area contributed by atoms with E-state index in [1.807, 2.05) is 6.92 Å². The fourth-order valence-corrected chi connectivity index (χ4v) is 0.344. The first-order valence-corrected chi connectivity index (χ1v) is 2.40. The van der Waals surface area contributed by atoms with Gasteiger partial charge < -0.3 is 4.79 Å². The lowest BCUT2D eigenvalue weighted by molar-refractivity contribution is -0.112. The van der Waals surface area contributed by atoms with Crippen LogP contribution in [0.4, 0.5) is 4.39 Å². The van der Waals surface area contributed by atoms with Gasteiger partial charge in [-0.05, 0) is 6.42 Å². The quantitative estimate of drug-likeness (QED) is 0.493. The van der Waals surface area contributed by atoms with E-state index in [2.05, 4.69) is 0 Å². The highest BCUT2D eigenvalue weighted by Gasteiger charge is 1.98. The van der Waals surface area contributed by atoms with Gasteiger partial charge in [-0.15, -0.1) is 0 Å². The first-order chi connectivity index (χ1) is 3.31. The number of hydrogen-bond donors (Lipinski definition) is 0. The van der Waals surface area contributed by atoms with Crippen molar-refractivity contribution < 1.29 is 9.18 Å². The molecule has 0 rings (SSSR count). The molecule has 0 N–H and O–H groups in total. The second kappa shape index (κ2) is 3.78. The highest BCUT2D eigenvalue weighted by molar-refractivity contribution is 5.55. The van der Waals surface area contributed by atoms with Crippen LogP contribution in [0.1, 0.15) is 19.8 Å². The van der Waals surface area contributed by atoms with Gasteiger partial charge in [0.05, 0.1) is 0 Å². The van der Waals surface area contributed by atoms with Crippen LogP contribution in [0.5, 0.6) is 0 Å². The molecule has 0 radical (unpaired) electrons. The van der Waals surface area contributed by atoms with Crippen LogP contribution in [0, 0.1) is 0 Å². The molecule has 0 aliphatic rings. The minimum Gasteiger partial charge on any atom is -0.300 e. The summed E-state index contributed by atoms with van der Waals surface area (Å²) in [5.74, 6) is 0. The third-order valence-electron chi connectivity index (χ3n) is 0.712. The largest absolute Gasteiger partial charge is 0.300 e. The Morgan fingerprint density at radius 2 is 2.43 bits per heavy atom. The Bertz CT molecular complexity index is 54.0. The fourth-order valence-electron chi connectivity index (χ4n) is 0.344. The monoisotopic (exact) mass is 104 g/mol. The smallest absolute Gasteiger partial charge is 0.155 e. The molecule has 7 heavy (non-hydrogen) atoms. The van der Waals surface area contributed by atoms with Crippen LogP contribution in [0.25, 0.3) is 0 Å². The molecule has 2 heteroatoms. The van der Waals surface area contributed by atoms with Crippen molar-refractivity contribution in [1.82, 2.24) is 0 Å². The molecule has 0 saturated carbocycles. The molecule has 0 spiro atoms. The van der Waals surface area contributed by atoms with E-state index in [-0.39, 0.29) is 0 Å². The SMILES string of the molecule is CCC[C@@H](F)C=O. The standard InChI is InChI=1S/C5H9FO/c1-2-3-5(6)4-7/h4-5H,2-3H2,1H3/t5-/m1/s1. The molecule has 0 unspecified atom stereocenters. The lowest BCUT2D eigenvalue weighted by Gasteiger charge is -1.90. The topological polar surface area (TPSA) is 17.1 Å². The molecule has 0 aromatic carbocycles. The van der Waals surface area contributed by atoms with Crippen molar-refractivity contribution in [2.24, 2.45) is 0 Å². The third kappa shape index (κ3) is 3.43. The van der Waals surface area contributed by atoms with E-state index in [1.54, 1.807) is 0 Å². The van der Waals surface area contributed by atoms with E-state index in [1.165, 1.54) is 0 Å². The molecule has 42 valence electrons. The molecule has 0 bridgehead atoms. The maximum absolute atomic E-state index is 11.8. The van der Waals surface area contributed by atoms with Crippen molar-refractivity contribution in [3.8, 4) is 0 Å². The van der Waals surface area contributed by atoms with Crippen LogP contribution in [0.3, 0.4) is 0 Å². The van der Waals surface area contributed by atoms with Gasteiger partial charge in [-0.2, -0.15) is 0 Å². The van der Waals surface area contributed by atoms with Crippen LogP contribution in [-0.2, 0) is 4.79 Å². The van der Waals surface area contributed by atoms with Gasteiger partial charge in [0.25, 0.3) is 0 Å². The van der Waals surface area contributed by atoms with Crippen LogP contribution in [-0.4, -0.2) is 12.5 Å². The average molecular weight is 104 g/mol. The van der Waals surface area contributed by atoms with Crippen molar-refractivity contribution >= 4 is 6.29 Å². The third-order valence-corrected chi connectivity index (χ3v) is 0.712. The first-order valence-electron chi connectivity index (χ1n) is 2.40. The van der Waals surface area contributed by atoms with Crippen molar-refractivity contribution in [2.75, 3.05) is 0 Å². The molecular weight excluding hydrogens is 95.1 g/mol. The summed E-state index contributed by atoms with van der Waals surface area (Å²) in [5, 5.41) is 0. The van der Waals surface area contributed by atoms with E-state index in [0.717, 1.165) is 6.42 Å². The minimum absolute atomic E-state index is 0.337. The number of halogens is 1. The molecule has 0 aromatic heterocycles. The molecule has 0 aliphatic carbocycles. The maximum Gasteiger partial charge on any atom is 0.155 e. The van der Waals surface area contributed by atoms with Gasteiger partial charge in [0, 0.05) is 0 Å². The number of rotatable bonds is 3. The second-order valence-electron chi connectivity index (χ2n) is 1.44. The van der Waals surface area contributed by atoms with Gasteiger partial charge in [0.1, 0.15) is 0 Å². The maximum atomic E-state index is 11.8. The summed E-state index contributed by atoms with van der Waals surface area (Å²) >= 11 is 0. The second-order valence-corrected chi connectivity index (χ2v) is 1.44. The van der Waals surface area contributed by atoms with E-state index < -0.39 is 6.17 Å². The zero-order chi connectivity index (χ0) is 5.70. The average Bonchev–Trinajstić information content (AvgIpc) is 1.68. The predicted molar refractivity (Wildman–Crippen MR) is 25.9 cm³/mol. The molecule has 1 atom stereocenters. The van der Waals surface area contributed by atoms with Gasteiger partial charge in [0.15, 0.2) is 12.5 Å². The molecule has 0 aliphatic heterocycles. The lowest BCUT2D eigenvalue weighted by Crippen LogP contribution is -1.98. The Hall–Kier alpha value is -0.400. The van der Waals surface area contributed by atoms with E-state index >= 15 is 0 Å². The van der Waals surface area contributed by atoms with Crippen molar-refractivity contribution in [3.05, 3.63) is 0 Å². The first kappa shape index (κ1) is 6.60. The van der Waals surface area contributed by atoms with Crippen molar-refractivity contribution in [3.63, 3.8) is 0 Å². The molecule has 0 aromatic rings. The Morgan fingerprint density at radius 3 is 2.57 bits per heavy atom. The molecular formula is C5H9FO. The minimum atomic E-state index is -1.23. The highest BCUT2D eigenvalue weighted by Crippen LogP contribution is 1.95. The number of alkyl halides is 1. The molecule has 0 saturated heterocycles. The summed E-state index contributed by atoms with van der Waals surface area (Å²) in [4.78, 5) is 9.52. The van der Waals surface area contributed by atoms with Crippen molar-refractivity contribution in [2.45, 2.75) is 25.9 Å². The van der Waals surface area contributed by atoms with Crippen LogP contribution < -0.4 is 0 Å². The molecule has 0 heterocycles. The number of carbonyl (C=O) groups excluding carboxylic acids is 1. The zero-order valence-corrected chi connectivity index (χ0v) is 4.36. The van der Waals surface area contributed by atoms with Gasteiger partial charge in [-0.3, -0.25) is 0 Å². The molecule has 0 fully saturated rings. The van der Waals surface area contributed by atoms with Gasteiger partial charge in [0.2, 0.25) is 0 Å². The molecule has 1 nitrogen and oxygen atoms in total. The summed E-state index contributed by atoms with van der Waals surface area (Å²) in [6.07, 6.45) is 0.206. The Balaban J connectivity index is 2.98. The summed E-state index contributed by atoms with van der Waals surface area (Å²) in [7, 11) is 0. The summed E-state index contributed by atoms with van der Waals surface area (Å²) < 4.78 is 11.8. The Kier molecular flexibility index (Phi) is 3.56. The Labute approximate surface area is 42.5 Å². The number of carbonyl (C=O) groups is 1. The molecule has 0 amide bonds. The van der Waals surface area contributed by atoms with Gasteiger partial charge in [-0.1, -0.05) is 13.3 Å². The zero-order valence-electron chi connectivity index (χ0n) is 4.36. The van der Waals surface area contributed by atoms with E-state index in [9.17, 15) is 9.18 Å². The van der Waals surface area contributed by atoms with Crippen LogP contribution >= 0.6 is 0 Å². The van der Waals surface area contributed by atoms with Gasteiger partial charge >= 0.3 is 0 Å². The lowest BCUT2D eigenvalue weighted by atomic mass is 10.2. The summed E-state index contributed by atoms with van der Waals surface area (Å²) in [6, 6.07) is 0. The van der Waals surface area contributed by atoms with Gasteiger partial charge in [-0.25, -0.2) is 4.39 Å². The van der Waals surface area contributed by atoms with Crippen LogP contribution in [0.2, 0.25) is 0 Å². The summed E-state index contributed by atoms with van der Waals surface area (Å²) in [5.41, 5.74) is 0. The highest BCUT2D eigenvalue weighted by atomic mass is 19.1. The Morgan fingerprint density at radius 1 is 1.86 bits per heavy atom. The van der Waals surface area contributed by atoms with Crippen molar-refractivity contribution in [1.29, 1.82) is 0 Å². The van der Waals surface area contributed by atoms with E-state index in [4.69, 9.17) is 0 Å². The predicted octanol–water partition coefficient (Wildman–Crippen LogP) is 1.32. The van der Waals surface area contributed by atoms with E-state index in [0.29, 0.717) is 12.7 Å². The van der Waals surface area contributed by atoms with Crippen LogP contribution in [0.15, 0.2) is 0 Å². The summed E-state index contributed by atoms with van der Waals surface area (Å²) in [6.45, 7) is 1.84. The number of aldehydes is 1. The number of hydrogen-bond acceptors (Lipinski definition) is 1.